The Morgan fingerprint density at radius 3 is 2.97 bits per heavy atom. The van der Waals surface area contributed by atoms with Gasteiger partial charge in [0.25, 0.3) is 5.91 Å². The highest BCUT2D eigenvalue weighted by atomic mass is 16.5. The van der Waals surface area contributed by atoms with Crippen molar-refractivity contribution >= 4 is 29.3 Å². The van der Waals surface area contributed by atoms with E-state index in [4.69, 9.17) is 9.72 Å². The number of rotatable bonds is 2. The number of nitrogens with zero attached hydrogens (tertiary/aromatic N) is 4. The van der Waals surface area contributed by atoms with Crippen molar-refractivity contribution in [1.82, 2.24) is 20.2 Å². The minimum Gasteiger partial charge on any atom is -0.477 e. The number of fused-ring (bicyclic) bond motifs is 3. The van der Waals surface area contributed by atoms with Gasteiger partial charge in [-0.05, 0) is 31.2 Å². The molecule has 2 amide bonds. The summed E-state index contributed by atoms with van der Waals surface area (Å²) >= 11 is 0. The van der Waals surface area contributed by atoms with Gasteiger partial charge in [0, 0.05) is 32.1 Å². The first kappa shape index (κ1) is 20.3. The highest BCUT2D eigenvalue weighted by Crippen LogP contribution is 2.32. The highest BCUT2D eigenvalue weighted by molar-refractivity contribution is 5.92. The zero-order valence-corrected chi connectivity index (χ0v) is 18.2. The zero-order valence-electron chi connectivity index (χ0n) is 18.2. The summed E-state index contributed by atoms with van der Waals surface area (Å²) in [6.07, 6.45) is 4.45. The van der Waals surface area contributed by atoms with Crippen LogP contribution in [-0.4, -0.2) is 66.0 Å². The van der Waals surface area contributed by atoms with Gasteiger partial charge in [0.2, 0.25) is 11.8 Å². The third-order valence-corrected chi connectivity index (χ3v) is 6.15. The normalized spacial score (nSPS) is 19.9. The predicted octanol–water partition coefficient (Wildman–Crippen LogP) is 1.66. The van der Waals surface area contributed by atoms with E-state index in [2.05, 4.69) is 34.7 Å². The standard InChI is InChI=1S/C23H26N6O3/c1-14-7-20-19(25-9-14)8-15-11-29-17(5-6-32-23(15)27-20)12-28(13-21(29)30)16-3-4-18(26-10-16)22(31)24-2/h3-4,7-8,10,17,25H,5-6,9,11-13H2,1-2H3,(H,24,31)/t17-/m0/s1. The molecule has 5 heterocycles. The molecule has 0 bridgehead atoms. The Morgan fingerprint density at radius 1 is 1.31 bits per heavy atom. The minimum absolute atomic E-state index is 0.0224. The largest absolute Gasteiger partial charge is 0.477 e. The molecule has 1 saturated heterocycles. The van der Waals surface area contributed by atoms with Crippen LogP contribution in [0.2, 0.25) is 0 Å². The number of amides is 2. The van der Waals surface area contributed by atoms with Crippen LogP contribution in [0.1, 0.15) is 35.1 Å². The van der Waals surface area contributed by atoms with Crippen LogP contribution in [0.25, 0.3) is 6.08 Å². The third-order valence-electron chi connectivity index (χ3n) is 6.15. The number of ether oxygens (including phenoxy) is 1. The van der Waals surface area contributed by atoms with Crippen molar-refractivity contribution in [3.63, 3.8) is 0 Å². The lowest BCUT2D eigenvalue weighted by Gasteiger charge is -2.43. The van der Waals surface area contributed by atoms with E-state index in [0.717, 1.165) is 35.6 Å². The van der Waals surface area contributed by atoms with Crippen molar-refractivity contribution in [3.05, 3.63) is 46.9 Å². The summed E-state index contributed by atoms with van der Waals surface area (Å²) in [6.45, 7) is 4.79. The average Bonchev–Trinajstić information content (AvgIpc) is 2.79. The number of carbonyl (C=O) groups excluding carboxylic acids is 2. The van der Waals surface area contributed by atoms with Crippen LogP contribution in [-0.2, 0) is 11.3 Å². The molecule has 0 aromatic carbocycles. The molecule has 1 atom stereocenters. The molecule has 0 radical (unpaired) electrons. The molecule has 9 heteroatoms. The second kappa shape index (κ2) is 8.14. The van der Waals surface area contributed by atoms with Crippen molar-refractivity contribution < 1.29 is 14.3 Å². The van der Waals surface area contributed by atoms with Crippen molar-refractivity contribution in [2.45, 2.75) is 25.9 Å². The molecular weight excluding hydrogens is 408 g/mol. The number of piperazine rings is 1. The van der Waals surface area contributed by atoms with Crippen molar-refractivity contribution in [2.75, 3.05) is 43.5 Å². The molecular formula is C23H26N6O3. The lowest BCUT2D eigenvalue weighted by molar-refractivity contribution is -0.135. The van der Waals surface area contributed by atoms with E-state index >= 15 is 0 Å². The lowest BCUT2D eigenvalue weighted by Crippen LogP contribution is -2.57. The van der Waals surface area contributed by atoms with Gasteiger partial charge in [-0.15, -0.1) is 0 Å². The maximum atomic E-state index is 13.2. The van der Waals surface area contributed by atoms with Gasteiger partial charge < -0.3 is 25.2 Å². The molecule has 0 saturated carbocycles. The summed E-state index contributed by atoms with van der Waals surface area (Å²) in [7, 11) is 1.57. The molecule has 0 unspecified atom stereocenters. The summed E-state index contributed by atoms with van der Waals surface area (Å²) in [6, 6.07) is 5.60. The zero-order chi connectivity index (χ0) is 22.2. The summed E-state index contributed by atoms with van der Waals surface area (Å²) in [5.74, 6) is 0.439. The van der Waals surface area contributed by atoms with Gasteiger partial charge in [-0.2, -0.15) is 0 Å². The average molecular weight is 435 g/mol. The molecule has 2 aromatic heterocycles. The van der Waals surface area contributed by atoms with Crippen LogP contribution < -0.4 is 20.3 Å². The second-order valence-corrected chi connectivity index (χ2v) is 8.40. The Kier molecular flexibility index (Phi) is 5.16. The van der Waals surface area contributed by atoms with Gasteiger partial charge in [-0.3, -0.25) is 9.59 Å². The Morgan fingerprint density at radius 2 is 2.19 bits per heavy atom. The Hall–Kier alpha value is -3.62. The van der Waals surface area contributed by atoms with Crippen LogP contribution in [0.15, 0.2) is 30.0 Å². The Balaban J connectivity index is 1.37. The van der Waals surface area contributed by atoms with E-state index in [0.29, 0.717) is 31.3 Å². The quantitative estimate of drug-likeness (QED) is 0.742. The number of hydrogen-bond acceptors (Lipinski definition) is 7. The summed E-state index contributed by atoms with van der Waals surface area (Å²) in [5, 5.41) is 5.96. The monoisotopic (exact) mass is 434 g/mol. The molecule has 2 N–H and O–H groups in total. The van der Waals surface area contributed by atoms with E-state index in [1.54, 1.807) is 19.3 Å². The number of hydrogen-bond donors (Lipinski definition) is 2. The van der Waals surface area contributed by atoms with Gasteiger partial charge in [0.1, 0.15) is 5.69 Å². The molecule has 1 fully saturated rings. The van der Waals surface area contributed by atoms with E-state index in [-0.39, 0.29) is 24.4 Å². The summed E-state index contributed by atoms with van der Waals surface area (Å²) < 4.78 is 6.03. The van der Waals surface area contributed by atoms with E-state index < -0.39 is 0 Å². The smallest absolute Gasteiger partial charge is 0.269 e. The fourth-order valence-corrected chi connectivity index (χ4v) is 4.41. The Bertz CT molecular complexity index is 1100. The molecule has 2 aromatic rings. The van der Waals surface area contributed by atoms with Crippen molar-refractivity contribution in [3.8, 4) is 5.88 Å². The van der Waals surface area contributed by atoms with Crippen LogP contribution in [0, 0.1) is 0 Å². The molecule has 3 aliphatic rings. The number of pyridine rings is 2. The first-order chi connectivity index (χ1) is 15.5. The van der Waals surface area contributed by atoms with Gasteiger partial charge in [0.15, 0.2) is 0 Å². The van der Waals surface area contributed by atoms with Crippen molar-refractivity contribution in [2.24, 2.45) is 0 Å². The fourth-order valence-electron chi connectivity index (χ4n) is 4.41. The molecule has 0 aliphatic carbocycles. The second-order valence-electron chi connectivity index (χ2n) is 8.40. The highest BCUT2D eigenvalue weighted by Gasteiger charge is 2.35. The van der Waals surface area contributed by atoms with Crippen molar-refractivity contribution in [1.29, 1.82) is 0 Å². The first-order valence-electron chi connectivity index (χ1n) is 10.8. The maximum absolute atomic E-state index is 13.2. The summed E-state index contributed by atoms with van der Waals surface area (Å²) in [4.78, 5) is 37.8. The van der Waals surface area contributed by atoms with Crippen LogP contribution >= 0.6 is 0 Å². The fraction of sp³-hybridized carbons (Fsp3) is 0.391. The number of nitrogens with one attached hydrogen (secondary N) is 2. The molecule has 9 nitrogen and oxygen atoms in total. The maximum Gasteiger partial charge on any atom is 0.269 e. The first-order valence-corrected chi connectivity index (χ1v) is 10.8. The minimum atomic E-state index is -0.232. The third kappa shape index (κ3) is 3.74. The van der Waals surface area contributed by atoms with Crippen LogP contribution in [0.3, 0.4) is 0 Å². The van der Waals surface area contributed by atoms with Crippen LogP contribution in [0.4, 0.5) is 11.4 Å². The number of carbonyl (C=O) groups is 2. The summed E-state index contributed by atoms with van der Waals surface area (Å²) in [5.41, 5.74) is 5.19. The molecule has 166 valence electrons. The lowest BCUT2D eigenvalue weighted by atomic mass is 10.0. The SMILES string of the molecule is CNC(=O)c1ccc(N2CC(=O)N3Cc4cc5c(nc4OCC[C@H]3C2)C=C(C)CN5)cn1. The Labute approximate surface area is 186 Å². The predicted molar refractivity (Wildman–Crippen MR) is 121 cm³/mol. The number of anilines is 2. The van der Waals surface area contributed by atoms with E-state index in [9.17, 15) is 9.59 Å². The molecule has 3 aliphatic heterocycles. The van der Waals surface area contributed by atoms with Gasteiger partial charge >= 0.3 is 0 Å². The van der Waals surface area contributed by atoms with Crippen LogP contribution in [0.5, 0.6) is 5.88 Å². The number of aromatic nitrogens is 2. The van der Waals surface area contributed by atoms with E-state index in [1.807, 2.05) is 15.9 Å². The van der Waals surface area contributed by atoms with E-state index in [1.165, 1.54) is 5.57 Å². The molecule has 5 rings (SSSR count). The van der Waals surface area contributed by atoms with Gasteiger partial charge in [-0.25, -0.2) is 9.97 Å². The topological polar surface area (TPSA) is 99.7 Å². The molecule has 32 heavy (non-hydrogen) atoms. The molecule has 0 spiro atoms. The van der Waals surface area contributed by atoms with Gasteiger partial charge in [0.05, 0.1) is 49.0 Å². The van der Waals surface area contributed by atoms with Gasteiger partial charge in [-0.1, -0.05) is 5.57 Å².